The van der Waals surface area contributed by atoms with Crippen LogP contribution in [0.1, 0.15) is 12.5 Å². The molecule has 0 aliphatic rings. The Kier molecular flexibility index (Phi) is 6.22. The Bertz CT molecular complexity index is 708. The third kappa shape index (κ3) is 4.85. The van der Waals surface area contributed by atoms with Crippen LogP contribution in [0.3, 0.4) is 0 Å². The van der Waals surface area contributed by atoms with E-state index < -0.39 is 0 Å². The quantitative estimate of drug-likeness (QED) is 0.568. The van der Waals surface area contributed by atoms with Crippen LogP contribution in [0, 0.1) is 0 Å². The first kappa shape index (κ1) is 17.1. The van der Waals surface area contributed by atoms with Crippen LogP contribution in [0.15, 0.2) is 52.9 Å². The van der Waals surface area contributed by atoms with E-state index in [-0.39, 0.29) is 16.8 Å². The van der Waals surface area contributed by atoms with Gasteiger partial charge in [0.25, 0.3) is 0 Å². The zero-order valence-electron chi connectivity index (χ0n) is 13.0. The Balaban J connectivity index is 2.02. The number of carbonyl (C=O) groups is 1. The summed E-state index contributed by atoms with van der Waals surface area (Å²) >= 11 is 1.26. The van der Waals surface area contributed by atoms with Gasteiger partial charge in [0.15, 0.2) is 5.16 Å². The largest absolute Gasteiger partial charge is 0.352 e. The van der Waals surface area contributed by atoms with E-state index in [0.717, 1.165) is 12.0 Å². The van der Waals surface area contributed by atoms with Gasteiger partial charge in [-0.1, -0.05) is 48.2 Å². The first-order valence-electron chi connectivity index (χ1n) is 7.36. The standard InChI is InChI=1S/C16H20N4O2S/c1-3-10-17-14(21)12(2)23-16-19-18-15(22)20(16)11-9-13-7-5-4-6-8-13/h3-8,12H,1,9-11H2,2H3,(H,17,21)(H,18,22). The summed E-state index contributed by atoms with van der Waals surface area (Å²) in [5, 5.41) is 9.38. The van der Waals surface area contributed by atoms with Crippen LogP contribution in [0.25, 0.3) is 0 Å². The van der Waals surface area contributed by atoms with E-state index in [4.69, 9.17) is 0 Å². The van der Waals surface area contributed by atoms with Crippen LogP contribution >= 0.6 is 11.8 Å². The van der Waals surface area contributed by atoms with Crippen molar-refractivity contribution in [2.75, 3.05) is 6.54 Å². The Labute approximate surface area is 139 Å². The number of benzene rings is 1. The summed E-state index contributed by atoms with van der Waals surface area (Å²) in [5.41, 5.74) is 0.885. The summed E-state index contributed by atoms with van der Waals surface area (Å²) in [4.78, 5) is 23.8. The Morgan fingerprint density at radius 3 is 2.91 bits per heavy atom. The number of aromatic nitrogens is 3. The van der Waals surface area contributed by atoms with E-state index in [1.54, 1.807) is 17.6 Å². The zero-order valence-corrected chi connectivity index (χ0v) is 13.8. The van der Waals surface area contributed by atoms with Crippen molar-refractivity contribution in [2.45, 2.75) is 30.3 Å². The van der Waals surface area contributed by atoms with E-state index in [9.17, 15) is 9.59 Å². The molecule has 0 fully saturated rings. The molecule has 2 rings (SSSR count). The predicted octanol–water partition coefficient (Wildman–Crippen LogP) is 1.60. The summed E-state index contributed by atoms with van der Waals surface area (Å²) < 4.78 is 1.56. The maximum absolute atomic E-state index is 11.9. The fraction of sp³-hybridized carbons (Fsp3) is 0.312. The van der Waals surface area contributed by atoms with E-state index >= 15 is 0 Å². The SMILES string of the molecule is C=CCNC(=O)C(C)Sc1n[nH]c(=O)n1CCc1ccccc1. The molecule has 0 saturated carbocycles. The van der Waals surface area contributed by atoms with Gasteiger partial charge in [-0.25, -0.2) is 9.89 Å². The number of thioether (sulfide) groups is 1. The second-order valence-electron chi connectivity index (χ2n) is 4.99. The molecule has 2 N–H and O–H groups in total. The molecule has 0 radical (unpaired) electrons. The van der Waals surface area contributed by atoms with Gasteiger partial charge in [-0.05, 0) is 18.9 Å². The van der Waals surface area contributed by atoms with Crippen molar-refractivity contribution in [1.82, 2.24) is 20.1 Å². The van der Waals surface area contributed by atoms with Crippen LogP contribution in [0.4, 0.5) is 0 Å². The number of aromatic amines is 1. The highest BCUT2D eigenvalue weighted by molar-refractivity contribution is 8.00. The number of nitrogens with zero attached hydrogens (tertiary/aromatic N) is 2. The van der Waals surface area contributed by atoms with Crippen LogP contribution in [0.2, 0.25) is 0 Å². The zero-order chi connectivity index (χ0) is 16.7. The number of carbonyl (C=O) groups excluding carboxylic acids is 1. The molecule has 1 amide bonds. The van der Waals surface area contributed by atoms with Crippen molar-refractivity contribution in [2.24, 2.45) is 0 Å². The molecule has 0 aliphatic heterocycles. The minimum Gasteiger partial charge on any atom is -0.352 e. The number of rotatable bonds is 8. The molecule has 1 aromatic heterocycles. The van der Waals surface area contributed by atoms with Gasteiger partial charge in [-0.2, -0.15) is 0 Å². The Morgan fingerprint density at radius 2 is 2.22 bits per heavy atom. The third-order valence-electron chi connectivity index (χ3n) is 3.26. The summed E-state index contributed by atoms with van der Waals surface area (Å²) in [6.45, 7) is 6.28. The molecular weight excluding hydrogens is 312 g/mol. The number of amides is 1. The number of hydrogen-bond acceptors (Lipinski definition) is 4. The van der Waals surface area contributed by atoms with E-state index in [1.165, 1.54) is 11.8 Å². The Morgan fingerprint density at radius 1 is 1.48 bits per heavy atom. The fourth-order valence-electron chi connectivity index (χ4n) is 2.00. The van der Waals surface area contributed by atoms with Gasteiger partial charge < -0.3 is 5.32 Å². The minimum atomic E-state index is -0.347. The number of H-pyrrole nitrogens is 1. The van der Waals surface area contributed by atoms with Crippen molar-refractivity contribution >= 4 is 17.7 Å². The first-order chi connectivity index (χ1) is 11.1. The summed E-state index contributed by atoms with van der Waals surface area (Å²) in [6, 6.07) is 9.93. The first-order valence-corrected chi connectivity index (χ1v) is 8.24. The smallest absolute Gasteiger partial charge is 0.343 e. The van der Waals surface area contributed by atoms with Gasteiger partial charge in [-0.15, -0.1) is 11.7 Å². The monoisotopic (exact) mass is 332 g/mol. The summed E-state index contributed by atoms with van der Waals surface area (Å²) in [5.74, 6) is -0.111. The normalized spacial score (nSPS) is 11.9. The lowest BCUT2D eigenvalue weighted by Crippen LogP contribution is -2.31. The fourth-order valence-corrected chi connectivity index (χ4v) is 2.91. The second-order valence-corrected chi connectivity index (χ2v) is 6.30. The van der Waals surface area contributed by atoms with Crippen molar-refractivity contribution in [1.29, 1.82) is 0 Å². The van der Waals surface area contributed by atoms with Gasteiger partial charge in [0, 0.05) is 13.1 Å². The molecule has 2 aromatic rings. The molecule has 1 unspecified atom stereocenters. The molecule has 1 atom stereocenters. The average Bonchev–Trinajstić information content (AvgIpc) is 2.91. The molecular formula is C16H20N4O2S. The molecule has 122 valence electrons. The number of aryl methyl sites for hydroxylation is 1. The number of nitrogens with one attached hydrogen (secondary N) is 2. The van der Waals surface area contributed by atoms with Crippen LogP contribution in [0.5, 0.6) is 0 Å². The van der Waals surface area contributed by atoms with Crippen LogP contribution in [-0.4, -0.2) is 32.5 Å². The molecule has 0 saturated heterocycles. The van der Waals surface area contributed by atoms with Crippen molar-refractivity contribution in [3.8, 4) is 0 Å². The third-order valence-corrected chi connectivity index (χ3v) is 4.35. The molecule has 0 bridgehead atoms. The van der Waals surface area contributed by atoms with Gasteiger partial charge in [0.2, 0.25) is 5.91 Å². The lowest BCUT2D eigenvalue weighted by atomic mass is 10.1. The van der Waals surface area contributed by atoms with Crippen molar-refractivity contribution in [3.05, 3.63) is 59.0 Å². The van der Waals surface area contributed by atoms with Gasteiger partial charge in [0.1, 0.15) is 0 Å². The highest BCUT2D eigenvalue weighted by atomic mass is 32.2. The highest BCUT2D eigenvalue weighted by Gasteiger charge is 2.18. The second kappa shape index (κ2) is 8.38. The average molecular weight is 332 g/mol. The maximum Gasteiger partial charge on any atom is 0.343 e. The van der Waals surface area contributed by atoms with Crippen LogP contribution in [-0.2, 0) is 17.8 Å². The topological polar surface area (TPSA) is 79.8 Å². The van der Waals surface area contributed by atoms with E-state index in [1.807, 2.05) is 30.3 Å². The predicted molar refractivity (Wildman–Crippen MR) is 91.5 cm³/mol. The lowest BCUT2D eigenvalue weighted by Gasteiger charge is -2.11. The maximum atomic E-state index is 11.9. The highest BCUT2D eigenvalue weighted by Crippen LogP contribution is 2.20. The van der Waals surface area contributed by atoms with Gasteiger partial charge >= 0.3 is 5.69 Å². The minimum absolute atomic E-state index is 0.111. The molecule has 0 aliphatic carbocycles. The molecule has 1 aromatic carbocycles. The molecule has 23 heavy (non-hydrogen) atoms. The molecule has 0 spiro atoms. The Hall–Kier alpha value is -2.28. The number of hydrogen-bond donors (Lipinski definition) is 2. The molecule has 1 heterocycles. The van der Waals surface area contributed by atoms with Crippen molar-refractivity contribution in [3.63, 3.8) is 0 Å². The van der Waals surface area contributed by atoms with Gasteiger partial charge in [0.05, 0.1) is 5.25 Å². The summed E-state index contributed by atoms with van der Waals surface area (Å²) in [6.07, 6.45) is 2.35. The van der Waals surface area contributed by atoms with Crippen LogP contribution < -0.4 is 11.0 Å². The van der Waals surface area contributed by atoms with E-state index in [2.05, 4.69) is 22.1 Å². The van der Waals surface area contributed by atoms with Crippen molar-refractivity contribution < 1.29 is 4.79 Å². The van der Waals surface area contributed by atoms with Gasteiger partial charge in [-0.3, -0.25) is 9.36 Å². The van der Waals surface area contributed by atoms with E-state index in [0.29, 0.717) is 18.2 Å². The summed E-state index contributed by atoms with van der Waals surface area (Å²) in [7, 11) is 0. The lowest BCUT2D eigenvalue weighted by molar-refractivity contribution is -0.120. The molecule has 6 nitrogen and oxygen atoms in total. The molecule has 7 heteroatoms.